The number of anilines is 1. The van der Waals surface area contributed by atoms with E-state index in [2.05, 4.69) is 10.1 Å². The molecule has 0 aliphatic carbocycles. The van der Waals surface area contributed by atoms with E-state index in [-0.39, 0.29) is 0 Å². The van der Waals surface area contributed by atoms with Gasteiger partial charge in [0.05, 0.1) is 29.7 Å². The Labute approximate surface area is 173 Å². The number of rotatable bonds is 7. The molecule has 3 rings (SSSR count). The summed E-state index contributed by atoms with van der Waals surface area (Å²) in [6.07, 6.45) is 3.32. The fourth-order valence-electron chi connectivity index (χ4n) is 2.52. The number of ether oxygens (including phenoxy) is 2. The molecule has 0 radical (unpaired) electrons. The van der Waals surface area contributed by atoms with Crippen LogP contribution in [-0.2, 0) is 6.61 Å². The van der Waals surface area contributed by atoms with E-state index >= 15 is 0 Å². The molecule has 0 saturated heterocycles. The lowest BCUT2D eigenvalue weighted by Crippen LogP contribution is -2.02. The molecular formula is C20H20Cl2N4O2. The average Bonchev–Trinajstić information content (AvgIpc) is 2.99. The largest absolute Gasteiger partial charge is 0.490 e. The number of benzene rings is 2. The van der Waals surface area contributed by atoms with Gasteiger partial charge in [-0.3, -0.25) is 0 Å². The lowest BCUT2D eigenvalue weighted by atomic mass is 10.2. The second-order valence-electron chi connectivity index (χ2n) is 5.96. The van der Waals surface area contributed by atoms with Crippen LogP contribution in [0.5, 0.6) is 11.5 Å². The molecule has 28 heavy (non-hydrogen) atoms. The van der Waals surface area contributed by atoms with E-state index < -0.39 is 0 Å². The van der Waals surface area contributed by atoms with Crippen LogP contribution >= 0.6 is 23.2 Å². The molecule has 8 heteroatoms. The van der Waals surface area contributed by atoms with Gasteiger partial charge in [0, 0.05) is 22.2 Å². The van der Waals surface area contributed by atoms with Crippen LogP contribution in [0.1, 0.15) is 23.7 Å². The second-order valence-corrected chi connectivity index (χ2v) is 6.78. The highest BCUT2D eigenvalue weighted by Gasteiger charge is 2.12. The van der Waals surface area contributed by atoms with Crippen molar-refractivity contribution in [3.05, 3.63) is 69.5 Å². The molecule has 6 nitrogen and oxygen atoms in total. The van der Waals surface area contributed by atoms with Crippen molar-refractivity contribution in [3.8, 4) is 11.5 Å². The summed E-state index contributed by atoms with van der Waals surface area (Å²) in [6.45, 7) is 4.52. The molecular weight excluding hydrogens is 399 g/mol. The van der Waals surface area contributed by atoms with Crippen molar-refractivity contribution >= 4 is 35.4 Å². The van der Waals surface area contributed by atoms with Gasteiger partial charge in [0.25, 0.3) is 0 Å². The zero-order valence-electron chi connectivity index (χ0n) is 15.5. The number of imidazole rings is 1. The summed E-state index contributed by atoms with van der Waals surface area (Å²) < 4.78 is 13.1. The van der Waals surface area contributed by atoms with E-state index in [1.807, 2.05) is 38.1 Å². The molecule has 0 saturated carbocycles. The summed E-state index contributed by atoms with van der Waals surface area (Å²) in [5, 5.41) is 5.41. The molecule has 2 aromatic carbocycles. The summed E-state index contributed by atoms with van der Waals surface area (Å²) in [7, 11) is 0. The van der Waals surface area contributed by atoms with Crippen molar-refractivity contribution in [2.24, 2.45) is 5.10 Å². The Morgan fingerprint density at radius 3 is 2.57 bits per heavy atom. The van der Waals surface area contributed by atoms with Gasteiger partial charge >= 0.3 is 0 Å². The molecule has 0 unspecified atom stereocenters. The lowest BCUT2D eigenvalue weighted by molar-refractivity contribution is 0.269. The number of aryl methyl sites for hydroxylation is 1. The third kappa shape index (κ3) is 4.77. The predicted octanol–water partition coefficient (Wildman–Crippen LogP) is 4.94. The quantitative estimate of drug-likeness (QED) is 0.551. The standard InChI is InChI=1S/C20H20Cl2N4O2/c1-3-27-18-8-15(10-24-26-11-13(2)25-20(26)23)17(22)9-19(18)28-12-14-6-4-5-7-16(14)21/h4-11H,3,12H2,1-2H3,(H2,23,25). The summed E-state index contributed by atoms with van der Waals surface area (Å²) in [6, 6.07) is 11.0. The van der Waals surface area contributed by atoms with Crippen LogP contribution in [0.25, 0.3) is 0 Å². The molecule has 1 aromatic heterocycles. The smallest absolute Gasteiger partial charge is 0.221 e. The van der Waals surface area contributed by atoms with Crippen molar-refractivity contribution in [2.45, 2.75) is 20.5 Å². The number of aromatic nitrogens is 2. The molecule has 0 aliphatic heterocycles. The van der Waals surface area contributed by atoms with Crippen LogP contribution in [0.15, 0.2) is 47.7 Å². The second kappa shape index (κ2) is 8.99. The first-order valence-electron chi connectivity index (χ1n) is 8.66. The number of nitrogens with two attached hydrogens (primary N) is 1. The highest BCUT2D eigenvalue weighted by atomic mass is 35.5. The molecule has 0 atom stereocenters. The minimum absolute atomic E-state index is 0.300. The Hall–Kier alpha value is -2.70. The first-order chi connectivity index (χ1) is 13.5. The topological polar surface area (TPSA) is 74.7 Å². The Morgan fingerprint density at radius 2 is 1.89 bits per heavy atom. The Morgan fingerprint density at radius 1 is 1.14 bits per heavy atom. The van der Waals surface area contributed by atoms with Gasteiger partial charge in [0.1, 0.15) is 6.61 Å². The van der Waals surface area contributed by atoms with Crippen LogP contribution < -0.4 is 15.2 Å². The maximum absolute atomic E-state index is 6.42. The van der Waals surface area contributed by atoms with E-state index in [1.165, 1.54) is 4.68 Å². The summed E-state index contributed by atoms with van der Waals surface area (Å²) in [4.78, 5) is 4.11. The molecule has 0 spiro atoms. The number of hydrogen-bond donors (Lipinski definition) is 1. The minimum Gasteiger partial charge on any atom is -0.490 e. The Bertz CT molecular complexity index is 1000. The molecule has 0 fully saturated rings. The van der Waals surface area contributed by atoms with Crippen LogP contribution in [0.3, 0.4) is 0 Å². The monoisotopic (exact) mass is 418 g/mol. The number of hydrogen-bond acceptors (Lipinski definition) is 5. The van der Waals surface area contributed by atoms with Crippen LogP contribution in [0.2, 0.25) is 10.0 Å². The predicted molar refractivity (Wildman–Crippen MR) is 113 cm³/mol. The maximum atomic E-state index is 6.42. The van der Waals surface area contributed by atoms with Gasteiger partial charge in [-0.25, -0.2) is 9.66 Å². The van der Waals surface area contributed by atoms with Gasteiger partial charge < -0.3 is 15.2 Å². The summed E-state index contributed by atoms with van der Waals surface area (Å²) >= 11 is 12.6. The van der Waals surface area contributed by atoms with Gasteiger partial charge in [-0.05, 0) is 26.0 Å². The molecule has 0 amide bonds. The number of halogens is 2. The zero-order chi connectivity index (χ0) is 20.1. The average molecular weight is 419 g/mol. The fraction of sp³-hybridized carbons (Fsp3) is 0.200. The third-order valence-corrected chi connectivity index (χ3v) is 4.56. The van der Waals surface area contributed by atoms with E-state index in [0.29, 0.717) is 46.3 Å². The van der Waals surface area contributed by atoms with E-state index in [9.17, 15) is 0 Å². The van der Waals surface area contributed by atoms with E-state index in [4.69, 9.17) is 38.4 Å². The van der Waals surface area contributed by atoms with E-state index in [1.54, 1.807) is 24.5 Å². The molecule has 146 valence electrons. The molecule has 3 aromatic rings. The molecule has 0 aliphatic rings. The van der Waals surface area contributed by atoms with E-state index in [0.717, 1.165) is 11.3 Å². The molecule has 0 bridgehead atoms. The highest BCUT2D eigenvalue weighted by Crippen LogP contribution is 2.34. The summed E-state index contributed by atoms with van der Waals surface area (Å²) in [5.41, 5.74) is 8.12. The van der Waals surface area contributed by atoms with Crippen LogP contribution in [0, 0.1) is 6.92 Å². The zero-order valence-corrected chi connectivity index (χ0v) is 17.0. The lowest BCUT2D eigenvalue weighted by Gasteiger charge is -2.14. The SMILES string of the molecule is CCOc1cc(C=Nn2cc(C)nc2N)c(Cl)cc1OCc1ccccc1Cl. The Kier molecular flexibility index (Phi) is 6.44. The van der Waals surface area contributed by atoms with Gasteiger partial charge in [0.15, 0.2) is 11.5 Å². The molecule has 1 heterocycles. The highest BCUT2D eigenvalue weighted by molar-refractivity contribution is 6.33. The Balaban J connectivity index is 1.85. The minimum atomic E-state index is 0.300. The first kappa shape index (κ1) is 20.0. The van der Waals surface area contributed by atoms with Gasteiger partial charge in [0.2, 0.25) is 5.95 Å². The third-order valence-electron chi connectivity index (χ3n) is 3.86. The molecule has 2 N–H and O–H groups in total. The van der Waals surface area contributed by atoms with Gasteiger partial charge in [-0.1, -0.05) is 41.4 Å². The number of nitrogens with zero attached hydrogens (tertiary/aromatic N) is 3. The van der Waals surface area contributed by atoms with Crippen molar-refractivity contribution < 1.29 is 9.47 Å². The first-order valence-corrected chi connectivity index (χ1v) is 9.42. The fourth-order valence-corrected chi connectivity index (χ4v) is 2.92. The van der Waals surface area contributed by atoms with Gasteiger partial charge in [-0.15, -0.1) is 0 Å². The van der Waals surface area contributed by atoms with Crippen molar-refractivity contribution in [2.75, 3.05) is 12.3 Å². The maximum Gasteiger partial charge on any atom is 0.221 e. The summed E-state index contributed by atoms with van der Waals surface area (Å²) in [5.74, 6) is 1.40. The normalized spacial score (nSPS) is 11.1. The van der Waals surface area contributed by atoms with Crippen molar-refractivity contribution in [1.82, 2.24) is 9.66 Å². The van der Waals surface area contributed by atoms with Crippen LogP contribution in [-0.4, -0.2) is 22.5 Å². The van der Waals surface area contributed by atoms with Crippen LogP contribution in [0.4, 0.5) is 5.95 Å². The van der Waals surface area contributed by atoms with Crippen molar-refractivity contribution in [1.29, 1.82) is 0 Å². The van der Waals surface area contributed by atoms with Crippen molar-refractivity contribution in [3.63, 3.8) is 0 Å². The number of nitrogen functional groups attached to an aromatic ring is 1. The van der Waals surface area contributed by atoms with Gasteiger partial charge in [-0.2, -0.15) is 5.10 Å².